The molecule has 1 rings (SSSR count). The van der Waals surface area contributed by atoms with Crippen molar-refractivity contribution < 1.29 is 18.5 Å². The molecule has 1 aliphatic carbocycles. The number of hydrogen-bond acceptors (Lipinski definition) is 3. The monoisotopic (exact) mass is 188 g/mol. The van der Waals surface area contributed by atoms with Crippen molar-refractivity contribution in [2.75, 3.05) is 7.11 Å². The Hall–Kier alpha value is -0.830. The molecule has 0 spiro atoms. The normalized spacial score (nSPS) is 20.5. The van der Waals surface area contributed by atoms with Crippen LogP contribution in [-0.2, 0) is 13.6 Å². The van der Waals surface area contributed by atoms with Crippen LogP contribution < -0.4 is 0 Å². The first kappa shape index (κ1) is 9.26. The topological polar surface area (TPSA) is 55.8 Å². The molecule has 0 aromatic rings. The maximum absolute atomic E-state index is 10.9. The Morgan fingerprint density at radius 3 is 2.75 bits per heavy atom. The predicted molar refractivity (Wildman–Crippen MR) is 44.3 cm³/mol. The first-order valence-electron chi connectivity index (χ1n) is 3.21. The predicted octanol–water partition coefficient (Wildman–Crippen LogP) is 1.76. The largest absolute Gasteiger partial charge is 0.527 e. The summed E-state index contributed by atoms with van der Waals surface area (Å²) in [5, 5.41) is 0. The third kappa shape index (κ3) is 2.08. The SMILES string of the molecule is C=C1C=CC=C1OP(=O)(O)OC. The van der Waals surface area contributed by atoms with Crippen molar-refractivity contribution in [3.05, 3.63) is 36.1 Å². The highest BCUT2D eigenvalue weighted by Gasteiger charge is 2.23. The standard InChI is InChI=1S/C7H9O4P/c1-6-4-3-5-7(6)11-12(8,9)10-2/h3-5H,1H2,2H3,(H,8,9). The zero-order valence-electron chi connectivity index (χ0n) is 6.56. The van der Waals surface area contributed by atoms with Gasteiger partial charge in [0.05, 0.1) is 0 Å². The van der Waals surface area contributed by atoms with E-state index in [2.05, 4.69) is 15.6 Å². The summed E-state index contributed by atoms with van der Waals surface area (Å²) in [4.78, 5) is 8.90. The van der Waals surface area contributed by atoms with Crippen molar-refractivity contribution in [2.45, 2.75) is 0 Å². The van der Waals surface area contributed by atoms with E-state index in [0.717, 1.165) is 7.11 Å². The van der Waals surface area contributed by atoms with Crippen LogP contribution in [0.1, 0.15) is 0 Å². The van der Waals surface area contributed by atoms with Crippen molar-refractivity contribution in [1.82, 2.24) is 0 Å². The minimum absolute atomic E-state index is 0.266. The summed E-state index contributed by atoms with van der Waals surface area (Å²) in [5.41, 5.74) is 0.557. The van der Waals surface area contributed by atoms with E-state index in [9.17, 15) is 4.57 Å². The molecule has 1 N–H and O–H groups in total. The molecule has 0 heterocycles. The smallest absolute Gasteiger partial charge is 0.404 e. The molecular weight excluding hydrogens is 179 g/mol. The minimum Gasteiger partial charge on any atom is -0.404 e. The molecule has 0 amide bonds. The summed E-state index contributed by atoms with van der Waals surface area (Å²) in [6, 6.07) is 0. The second kappa shape index (κ2) is 3.27. The van der Waals surface area contributed by atoms with Crippen LogP contribution in [0.5, 0.6) is 0 Å². The van der Waals surface area contributed by atoms with E-state index in [1.807, 2.05) is 0 Å². The summed E-state index contributed by atoms with van der Waals surface area (Å²) in [6.45, 7) is 3.59. The maximum atomic E-state index is 10.9. The summed E-state index contributed by atoms with van der Waals surface area (Å²) < 4.78 is 19.8. The molecular formula is C7H9O4P. The van der Waals surface area contributed by atoms with Crippen LogP contribution in [0.25, 0.3) is 0 Å². The van der Waals surface area contributed by atoms with Crippen LogP contribution in [0, 0.1) is 0 Å². The van der Waals surface area contributed by atoms with Crippen molar-refractivity contribution in [2.24, 2.45) is 0 Å². The van der Waals surface area contributed by atoms with Crippen LogP contribution in [-0.4, -0.2) is 12.0 Å². The van der Waals surface area contributed by atoms with Gasteiger partial charge in [-0.3, -0.25) is 9.42 Å². The van der Waals surface area contributed by atoms with E-state index in [1.54, 1.807) is 18.2 Å². The Kier molecular flexibility index (Phi) is 2.52. The van der Waals surface area contributed by atoms with E-state index in [4.69, 9.17) is 4.89 Å². The molecule has 0 saturated heterocycles. The summed E-state index contributed by atoms with van der Waals surface area (Å²) in [5.74, 6) is 0.266. The molecule has 1 unspecified atom stereocenters. The Morgan fingerprint density at radius 2 is 2.33 bits per heavy atom. The molecule has 0 aromatic carbocycles. The zero-order valence-corrected chi connectivity index (χ0v) is 7.45. The lowest BCUT2D eigenvalue weighted by Crippen LogP contribution is -1.91. The fourth-order valence-corrected chi connectivity index (χ4v) is 1.19. The average molecular weight is 188 g/mol. The first-order chi connectivity index (χ1) is 5.55. The van der Waals surface area contributed by atoms with Gasteiger partial charge < -0.3 is 4.52 Å². The van der Waals surface area contributed by atoms with Crippen molar-refractivity contribution in [3.8, 4) is 0 Å². The van der Waals surface area contributed by atoms with Crippen LogP contribution >= 0.6 is 7.82 Å². The highest BCUT2D eigenvalue weighted by Crippen LogP contribution is 2.46. The van der Waals surface area contributed by atoms with E-state index < -0.39 is 7.82 Å². The molecule has 0 saturated carbocycles. The van der Waals surface area contributed by atoms with Gasteiger partial charge in [-0.05, 0) is 6.08 Å². The quantitative estimate of drug-likeness (QED) is 0.685. The van der Waals surface area contributed by atoms with Gasteiger partial charge in [0.25, 0.3) is 0 Å². The Balaban J connectivity index is 2.66. The summed E-state index contributed by atoms with van der Waals surface area (Å²) in [7, 11) is -2.83. The van der Waals surface area contributed by atoms with Gasteiger partial charge in [0, 0.05) is 12.7 Å². The first-order valence-corrected chi connectivity index (χ1v) is 4.70. The molecule has 4 nitrogen and oxygen atoms in total. The highest BCUT2D eigenvalue weighted by molar-refractivity contribution is 7.47. The number of hydrogen-bond donors (Lipinski definition) is 1. The van der Waals surface area contributed by atoms with E-state index in [1.165, 1.54) is 0 Å². The molecule has 0 fully saturated rings. The Labute approximate surface area is 70.4 Å². The molecule has 5 heteroatoms. The second-order valence-corrected chi connectivity index (χ2v) is 3.64. The van der Waals surface area contributed by atoms with Crippen LogP contribution in [0.4, 0.5) is 0 Å². The molecule has 1 aliphatic rings. The van der Waals surface area contributed by atoms with Gasteiger partial charge in [-0.25, -0.2) is 4.57 Å². The highest BCUT2D eigenvalue weighted by atomic mass is 31.2. The molecule has 0 bridgehead atoms. The lowest BCUT2D eigenvalue weighted by atomic mass is 10.3. The fourth-order valence-electron chi connectivity index (χ4n) is 0.691. The molecule has 66 valence electrons. The van der Waals surface area contributed by atoms with Crippen molar-refractivity contribution in [3.63, 3.8) is 0 Å². The summed E-state index contributed by atoms with van der Waals surface area (Å²) >= 11 is 0. The number of rotatable bonds is 3. The fraction of sp³-hybridized carbons (Fsp3) is 0.143. The van der Waals surface area contributed by atoms with Gasteiger partial charge in [-0.15, -0.1) is 0 Å². The molecule has 0 radical (unpaired) electrons. The zero-order chi connectivity index (χ0) is 9.19. The molecule has 0 aliphatic heterocycles. The van der Waals surface area contributed by atoms with Gasteiger partial charge >= 0.3 is 7.82 Å². The number of phosphoric ester groups is 1. The Morgan fingerprint density at radius 1 is 1.67 bits per heavy atom. The third-order valence-electron chi connectivity index (χ3n) is 1.31. The minimum atomic E-state index is -3.93. The van der Waals surface area contributed by atoms with Crippen molar-refractivity contribution in [1.29, 1.82) is 0 Å². The third-order valence-corrected chi connectivity index (χ3v) is 2.19. The molecule has 0 aromatic heterocycles. The number of phosphoric acid groups is 1. The van der Waals surface area contributed by atoms with Crippen molar-refractivity contribution >= 4 is 7.82 Å². The second-order valence-electron chi connectivity index (χ2n) is 2.16. The van der Waals surface area contributed by atoms with Gasteiger partial charge in [0.2, 0.25) is 0 Å². The van der Waals surface area contributed by atoms with Gasteiger partial charge in [0.1, 0.15) is 5.76 Å². The van der Waals surface area contributed by atoms with Crippen LogP contribution in [0.2, 0.25) is 0 Å². The van der Waals surface area contributed by atoms with E-state index >= 15 is 0 Å². The number of allylic oxidation sites excluding steroid dienone is 3. The maximum Gasteiger partial charge on any atom is 0.527 e. The lowest BCUT2D eigenvalue weighted by molar-refractivity contribution is 0.213. The Bertz CT molecular complexity index is 303. The molecule has 1 atom stereocenters. The van der Waals surface area contributed by atoms with Crippen LogP contribution in [0.15, 0.2) is 36.1 Å². The van der Waals surface area contributed by atoms with Crippen LogP contribution in [0.3, 0.4) is 0 Å². The van der Waals surface area contributed by atoms with E-state index in [-0.39, 0.29) is 5.76 Å². The van der Waals surface area contributed by atoms with Gasteiger partial charge in [-0.2, -0.15) is 0 Å². The molecule has 12 heavy (non-hydrogen) atoms. The summed E-state index contributed by atoms with van der Waals surface area (Å²) in [6.07, 6.45) is 4.89. The van der Waals surface area contributed by atoms with E-state index in [0.29, 0.717) is 5.57 Å². The lowest BCUT2D eigenvalue weighted by Gasteiger charge is -2.11. The van der Waals surface area contributed by atoms with Gasteiger partial charge in [0.15, 0.2) is 0 Å². The average Bonchev–Trinajstić information content (AvgIpc) is 2.36. The van der Waals surface area contributed by atoms with Gasteiger partial charge in [-0.1, -0.05) is 18.7 Å².